The lowest BCUT2D eigenvalue weighted by atomic mass is 10.2. The number of aromatic nitrogens is 1. The van der Waals surface area contributed by atoms with Crippen molar-refractivity contribution in [2.45, 2.75) is 45.2 Å². The van der Waals surface area contributed by atoms with Crippen LogP contribution < -0.4 is 15.4 Å². The van der Waals surface area contributed by atoms with E-state index in [4.69, 9.17) is 4.74 Å². The molecule has 7 heteroatoms. The minimum atomic E-state index is -0.292. The summed E-state index contributed by atoms with van der Waals surface area (Å²) in [6, 6.07) is 10.2. The van der Waals surface area contributed by atoms with Crippen LogP contribution in [0.5, 0.6) is 11.6 Å². The van der Waals surface area contributed by atoms with E-state index in [0.29, 0.717) is 24.2 Å². The van der Waals surface area contributed by atoms with Crippen molar-refractivity contribution in [2.75, 3.05) is 6.54 Å². The summed E-state index contributed by atoms with van der Waals surface area (Å²) >= 11 is 0. The Balaban J connectivity index is 0.00000261. The van der Waals surface area contributed by atoms with Crippen molar-refractivity contribution in [3.05, 3.63) is 54.0 Å². The second-order valence-electron chi connectivity index (χ2n) is 6.38. The molecule has 0 spiro atoms. The Bertz CT molecular complexity index is 733. The van der Waals surface area contributed by atoms with Crippen molar-refractivity contribution in [1.82, 2.24) is 15.6 Å². The van der Waals surface area contributed by atoms with Crippen LogP contribution in [0, 0.1) is 5.82 Å². The Kier molecular flexibility index (Phi) is 8.77. The number of rotatable bonds is 6. The highest BCUT2D eigenvalue weighted by molar-refractivity contribution is 14.0. The molecular weight excluding hydrogens is 458 g/mol. The van der Waals surface area contributed by atoms with E-state index >= 15 is 0 Å². The van der Waals surface area contributed by atoms with Crippen LogP contribution in [0.3, 0.4) is 0 Å². The minimum Gasteiger partial charge on any atom is -0.439 e. The predicted octanol–water partition coefficient (Wildman–Crippen LogP) is 4.63. The molecule has 1 fully saturated rings. The van der Waals surface area contributed by atoms with Gasteiger partial charge < -0.3 is 15.4 Å². The molecule has 0 unspecified atom stereocenters. The monoisotopic (exact) mass is 484 g/mol. The second kappa shape index (κ2) is 11.1. The van der Waals surface area contributed by atoms with Gasteiger partial charge in [-0.3, -0.25) is 0 Å². The van der Waals surface area contributed by atoms with Crippen LogP contribution in [-0.4, -0.2) is 23.5 Å². The number of halogens is 2. The van der Waals surface area contributed by atoms with Crippen LogP contribution in [0.1, 0.15) is 38.2 Å². The topological polar surface area (TPSA) is 58.5 Å². The zero-order valence-electron chi connectivity index (χ0n) is 15.5. The number of nitrogens with zero attached hydrogens (tertiary/aromatic N) is 2. The normalized spacial score (nSPS) is 14.5. The number of hydrogen-bond acceptors (Lipinski definition) is 3. The molecule has 27 heavy (non-hydrogen) atoms. The lowest BCUT2D eigenvalue weighted by Gasteiger charge is -2.16. The molecule has 2 N–H and O–H groups in total. The molecule has 1 aliphatic rings. The molecule has 0 bridgehead atoms. The van der Waals surface area contributed by atoms with Crippen LogP contribution in [0.15, 0.2) is 47.6 Å². The van der Waals surface area contributed by atoms with E-state index < -0.39 is 0 Å². The molecule has 146 valence electrons. The molecule has 5 nitrogen and oxygen atoms in total. The lowest BCUT2D eigenvalue weighted by molar-refractivity contribution is 0.460. The number of nitrogens with one attached hydrogen (secondary N) is 2. The molecule has 3 rings (SSSR count). The second-order valence-corrected chi connectivity index (χ2v) is 6.38. The van der Waals surface area contributed by atoms with Crippen molar-refractivity contribution < 1.29 is 9.13 Å². The van der Waals surface area contributed by atoms with Gasteiger partial charge in [0.1, 0.15) is 11.6 Å². The fraction of sp³-hybridized carbons (Fsp3) is 0.400. The number of benzene rings is 1. The number of pyridine rings is 1. The highest BCUT2D eigenvalue weighted by atomic mass is 127. The van der Waals surface area contributed by atoms with Gasteiger partial charge in [0, 0.05) is 24.8 Å². The van der Waals surface area contributed by atoms with E-state index in [-0.39, 0.29) is 29.8 Å². The molecule has 1 aliphatic carbocycles. The van der Waals surface area contributed by atoms with Crippen LogP contribution in [-0.2, 0) is 6.54 Å². The van der Waals surface area contributed by atoms with Gasteiger partial charge in [0.05, 0.1) is 6.54 Å². The molecule has 0 aliphatic heterocycles. The summed E-state index contributed by atoms with van der Waals surface area (Å²) in [7, 11) is 0. The molecular formula is C20H26FIN4O. The molecule has 1 saturated carbocycles. The van der Waals surface area contributed by atoms with E-state index in [1.54, 1.807) is 18.3 Å². The van der Waals surface area contributed by atoms with Crippen molar-refractivity contribution in [2.24, 2.45) is 4.99 Å². The lowest BCUT2D eigenvalue weighted by Crippen LogP contribution is -2.42. The van der Waals surface area contributed by atoms with Crippen LogP contribution in [0.4, 0.5) is 4.39 Å². The van der Waals surface area contributed by atoms with E-state index in [0.717, 1.165) is 18.1 Å². The first-order valence-electron chi connectivity index (χ1n) is 9.16. The van der Waals surface area contributed by atoms with Gasteiger partial charge in [-0.05, 0) is 55.7 Å². The first kappa shape index (κ1) is 21.4. The Morgan fingerprint density at radius 1 is 1.22 bits per heavy atom. The summed E-state index contributed by atoms with van der Waals surface area (Å²) in [5.41, 5.74) is 1.00. The number of aliphatic imine (C=N–C) groups is 1. The average Bonchev–Trinajstić information content (AvgIpc) is 3.15. The number of ether oxygens (including phenoxy) is 1. The third kappa shape index (κ3) is 6.97. The maximum absolute atomic E-state index is 13.0. The van der Waals surface area contributed by atoms with Gasteiger partial charge in [-0.15, -0.1) is 24.0 Å². The van der Waals surface area contributed by atoms with E-state index in [9.17, 15) is 4.39 Å². The van der Waals surface area contributed by atoms with Gasteiger partial charge in [0.15, 0.2) is 5.96 Å². The summed E-state index contributed by atoms with van der Waals surface area (Å²) in [6.07, 6.45) is 6.67. The largest absolute Gasteiger partial charge is 0.439 e. The molecule has 0 radical (unpaired) electrons. The molecule has 0 atom stereocenters. The van der Waals surface area contributed by atoms with Gasteiger partial charge in [-0.1, -0.05) is 12.8 Å². The summed E-state index contributed by atoms with van der Waals surface area (Å²) < 4.78 is 18.7. The minimum absolute atomic E-state index is 0. The van der Waals surface area contributed by atoms with Crippen LogP contribution in [0.25, 0.3) is 0 Å². The Hall–Kier alpha value is -1.90. The van der Waals surface area contributed by atoms with Crippen molar-refractivity contribution in [3.8, 4) is 11.6 Å². The van der Waals surface area contributed by atoms with Crippen LogP contribution >= 0.6 is 24.0 Å². The fourth-order valence-corrected chi connectivity index (χ4v) is 2.98. The maximum atomic E-state index is 13.0. The summed E-state index contributed by atoms with van der Waals surface area (Å²) in [4.78, 5) is 8.88. The molecule has 2 aromatic rings. The third-order valence-corrected chi connectivity index (χ3v) is 4.30. The van der Waals surface area contributed by atoms with Crippen LogP contribution in [0.2, 0.25) is 0 Å². The quantitative estimate of drug-likeness (QED) is 0.357. The van der Waals surface area contributed by atoms with E-state index in [2.05, 4.69) is 27.5 Å². The molecule has 0 amide bonds. The standard InChI is InChI=1S/C20H25FN4O.HI/c1-2-22-20(25-17-5-3-4-6-17)24-14-15-11-12-23-19(13-15)26-18-9-7-16(21)8-10-18;/h7-13,17H,2-6,14H2,1H3,(H2,22,24,25);1H. The van der Waals surface area contributed by atoms with Gasteiger partial charge >= 0.3 is 0 Å². The predicted molar refractivity (Wildman–Crippen MR) is 116 cm³/mol. The first-order chi connectivity index (χ1) is 12.7. The maximum Gasteiger partial charge on any atom is 0.219 e. The fourth-order valence-electron chi connectivity index (χ4n) is 2.98. The van der Waals surface area contributed by atoms with Gasteiger partial charge in [0.2, 0.25) is 5.88 Å². The first-order valence-corrected chi connectivity index (χ1v) is 9.16. The Labute approximate surface area is 176 Å². The van der Waals surface area contributed by atoms with Gasteiger partial charge in [0.25, 0.3) is 0 Å². The third-order valence-electron chi connectivity index (χ3n) is 4.30. The van der Waals surface area contributed by atoms with E-state index in [1.807, 2.05) is 12.1 Å². The Morgan fingerprint density at radius 3 is 2.67 bits per heavy atom. The zero-order chi connectivity index (χ0) is 18.2. The van der Waals surface area contributed by atoms with Gasteiger partial charge in [-0.2, -0.15) is 0 Å². The SMILES string of the molecule is CCNC(=NCc1ccnc(Oc2ccc(F)cc2)c1)NC1CCCC1.I. The van der Waals surface area contributed by atoms with E-state index in [1.165, 1.54) is 37.8 Å². The summed E-state index contributed by atoms with van der Waals surface area (Å²) in [6.45, 7) is 3.42. The molecule has 0 saturated heterocycles. The summed E-state index contributed by atoms with van der Waals surface area (Å²) in [5, 5.41) is 6.80. The van der Waals surface area contributed by atoms with Gasteiger partial charge in [-0.25, -0.2) is 14.4 Å². The molecule has 1 aromatic heterocycles. The Morgan fingerprint density at radius 2 is 1.96 bits per heavy atom. The molecule has 1 heterocycles. The van der Waals surface area contributed by atoms with Crippen molar-refractivity contribution >= 4 is 29.9 Å². The highest BCUT2D eigenvalue weighted by Crippen LogP contribution is 2.21. The highest BCUT2D eigenvalue weighted by Gasteiger charge is 2.15. The smallest absolute Gasteiger partial charge is 0.219 e. The van der Waals surface area contributed by atoms with Crippen molar-refractivity contribution in [1.29, 1.82) is 0 Å². The van der Waals surface area contributed by atoms with Crippen molar-refractivity contribution in [3.63, 3.8) is 0 Å². The number of hydrogen-bond donors (Lipinski definition) is 2. The summed E-state index contributed by atoms with van der Waals surface area (Å²) in [5.74, 6) is 1.57. The average molecular weight is 484 g/mol. The number of guanidine groups is 1. The zero-order valence-corrected chi connectivity index (χ0v) is 17.8. The molecule has 1 aromatic carbocycles.